The number of methoxy groups -OCH3 is 1. The van der Waals surface area contributed by atoms with Gasteiger partial charge in [-0.25, -0.2) is 8.42 Å². The van der Waals surface area contributed by atoms with Gasteiger partial charge in [-0.1, -0.05) is 6.07 Å². The van der Waals surface area contributed by atoms with Gasteiger partial charge in [0.25, 0.3) is 0 Å². The van der Waals surface area contributed by atoms with Crippen molar-refractivity contribution in [1.82, 2.24) is 9.21 Å². The van der Waals surface area contributed by atoms with Crippen LogP contribution in [-0.2, 0) is 14.8 Å². The molecule has 0 aromatic heterocycles. The highest BCUT2D eigenvalue weighted by Gasteiger charge is 2.32. The maximum atomic E-state index is 13.0. The number of amides is 1. The van der Waals surface area contributed by atoms with Crippen molar-refractivity contribution < 1.29 is 17.9 Å². The van der Waals surface area contributed by atoms with E-state index in [1.54, 1.807) is 43.5 Å². The van der Waals surface area contributed by atoms with Gasteiger partial charge in [-0.05, 0) is 68.3 Å². The first kappa shape index (κ1) is 22.3. The Kier molecular flexibility index (Phi) is 6.80. The average molecular weight is 432 g/mol. The minimum Gasteiger partial charge on any atom is -0.497 e. The van der Waals surface area contributed by atoms with Gasteiger partial charge in [0.2, 0.25) is 15.9 Å². The molecule has 1 saturated heterocycles. The van der Waals surface area contributed by atoms with E-state index in [1.807, 2.05) is 31.7 Å². The van der Waals surface area contributed by atoms with E-state index in [1.165, 1.54) is 4.31 Å². The highest BCUT2D eigenvalue weighted by atomic mass is 32.2. The summed E-state index contributed by atoms with van der Waals surface area (Å²) < 4.78 is 32.6. The zero-order valence-electron chi connectivity index (χ0n) is 17.9. The molecule has 2 aromatic carbocycles. The van der Waals surface area contributed by atoms with Crippen LogP contribution in [0.2, 0.25) is 0 Å². The number of nitrogens with one attached hydrogen (secondary N) is 1. The molecule has 1 fully saturated rings. The van der Waals surface area contributed by atoms with Crippen LogP contribution in [0.15, 0.2) is 47.4 Å². The number of hydrogen-bond donors (Lipinski definition) is 1. The smallest absolute Gasteiger partial charge is 0.243 e. The number of hydrogen-bond acceptors (Lipinski definition) is 5. The molecule has 162 valence electrons. The molecule has 1 amide bonds. The summed E-state index contributed by atoms with van der Waals surface area (Å²) in [4.78, 5) is 14.9. The molecule has 7 nitrogen and oxygen atoms in total. The van der Waals surface area contributed by atoms with Crippen molar-refractivity contribution in [3.8, 4) is 5.75 Å². The van der Waals surface area contributed by atoms with Crippen LogP contribution in [0.4, 0.5) is 5.69 Å². The van der Waals surface area contributed by atoms with Gasteiger partial charge in [0.15, 0.2) is 0 Å². The standard InChI is InChI=1S/C22H29N3O4S/c1-16-5-10-21(15-17(16)2)30(27,28)25-13-11-24(12-14-25)18(3)22(26)23-19-6-8-20(29-4)9-7-19/h5-10,15,18H,11-14H2,1-4H3,(H,23,26). The molecule has 1 heterocycles. The number of anilines is 1. The Labute approximate surface area is 178 Å². The molecule has 0 bridgehead atoms. The molecule has 1 aliphatic heterocycles. The van der Waals surface area contributed by atoms with Crippen molar-refractivity contribution in [2.24, 2.45) is 0 Å². The first-order valence-electron chi connectivity index (χ1n) is 9.99. The molecular weight excluding hydrogens is 402 g/mol. The van der Waals surface area contributed by atoms with Crippen molar-refractivity contribution in [2.75, 3.05) is 38.6 Å². The van der Waals surface area contributed by atoms with Gasteiger partial charge in [0.05, 0.1) is 18.0 Å². The number of carbonyl (C=O) groups is 1. The fourth-order valence-corrected chi connectivity index (χ4v) is 4.95. The van der Waals surface area contributed by atoms with Gasteiger partial charge in [-0.2, -0.15) is 4.31 Å². The molecule has 8 heteroatoms. The van der Waals surface area contributed by atoms with E-state index in [-0.39, 0.29) is 11.9 Å². The molecule has 1 unspecified atom stereocenters. The zero-order valence-corrected chi connectivity index (χ0v) is 18.7. The summed E-state index contributed by atoms with van der Waals surface area (Å²) in [6, 6.07) is 12.0. The molecule has 0 spiro atoms. The fraction of sp³-hybridized carbons (Fsp3) is 0.409. The van der Waals surface area contributed by atoms with Crippen LogP contribution in [0.3, 0.4) is 0 Å². The van der Waals surface area contributed by atoms with Crippen LogP contribution >= 0.6 is 0 Å². The lowest BCUT2D eigenvalue weighted by molar-refractivity contribution is -0.121. The van der Waals surface area contributed by atoms with Gasteiger partial charge < -0.3 is 10.1 Å². The number of benzene rings is 2. The van der Waals surface area contributed by atoms with E-state index < -0.39 is 10.0 Å². The Hall–Kier alpha value is -2.42. The van der Waals surface area contributed by atoms with Crippen LogP contribution in [0.5, 0.6) is 5.75 Å². The number of nitrogens with zero attached hydrogens (tertiary/aromatic N) is 2. The fourth-order valence-electron chi connectivity index (χ4n) is 3.44. The van der Waals surface area contributed by atoms with E-state index in [4.69, 9.17) is 4.74 Å². The van der Waals surface area contributed by atoms with Crippen LogP contribution in [0.1, 0.15) is 18.1 Å². The lowest BCUT2D eigenvalue weighted by Gasteiger charge is -2.36. The lowest BCUT2D eigenvalue weighted by Crippen LogP contribution is -2.53. The first-order chi connectivity index (χ1) is 14.2. The Morgan fingerprint density at radius 1 is 1.00 bits per heavy atom. The molecule has 2 aromatic rings. The van der Waals surface area contributed by atoms with Crippen LogP contribution < -0.4 is 10.1 Å². The number of carbonyl (C=O) groups excluding carboxylic acids is 1. The van der Waals surface area contributed by atoms with Crippen molar-refractivity contribution in [3.05, 3.63) is 53.6 Å². The van der Waals surface area contributed by atoms with Gasteiger partial charge >= 0.3 is 0 Å². The maximum Gasteiger partial charge on any atom is 0.243 e. The Morgan fingerprint density at radius 2 is 1.63 bits per heavy atom. The third-order valence-electron chi connectivity index (χ3n) is 5.67. The summed E-state index contributed by atoms with van der Waals surface area (Å²) in [5.41, 5.74) is 2.72. The van der Waals surface area contributed by atoms with E-state index in [9.17, 15) is 13.2 Å². The van der Waals surface area contributed by atoms with Gasteiger partial charge in [-0.15, -0.1) is 0 Å². The summed E-state index contributed by atoms with van der Waals surface area (Å²) >= 11 is 0. The Morgan fingerprint density at radius 3 is 2.20 bits per heavy atom. The molecule has 3 rings (SSSR count). The third-order valence-corrected chi connectivity index (χ3v) is 7.57. The number of ether oxygens (including phenoxy) is 1. The highest BCUT2D eigenvalue weighted by Crippen LogP contribution is 2.21. The minimum atomic E-state index is -3.53. The maximum absolute atomic E-state index is 13.0. The molecule has 0 radical (unpaired) electrons. The van der Waals surface area contributed by atoms with Gasteiger partial charge in [0.1, 0.15) is 5.75 Å². The largest absolute Gasteiger partial charge is 0.497 e. The first-order valence-corrected chi connectivity index (χ1v) is 11.4. The summed E-state index contributed by atoms with van der Waals surface area (Å²) in [6.45, 7) is 7.43. The summed E-state index contributed by atoms with van der Waals surface area (Å²) in [6.07, 6.45) is 0. The quantitative estimate of drug-likeness (QED) is 0.761. The summed E-state index contributed by atoms with van der Waals surface area (Å²) in [5, 5.41) is 2.90. The molecule has 0 aliphatic carbocycles. The number of sulfonamides is 1. The lowest BCUT2D eigenvalue weighted by atomic mass is 10.1. The predicted octanol–water partition coefficient (Wildman–Crippen LogP) is 2.65. The Bertz CT molecular complexity index is 998. The van der Waals surface area contributed by atoms with Crippen LogP contribution in [0.25, 0.3) is 0 Å². The third kappa shape index (κ3) is 4.83. The molecule has 0 saturated carbocycles. The average Bonchev–Trinajstić information content (AvgIpc) is 2.75. The Balaban J connectivity index is 1.59. The predicted molar refractivity (Wildman–Crippen MR) is 117 cm³/mol. The number of piperazine rings is 1. The topological polar surface area (TPSA) is 79.0 Å². The highest BCUT2D eigenvalue weighted by molar-refractivity contribution is 7.89. The molecule has 1 N–H and O–H groups in total. The van der Waals surface area contributed by atoms with Crippen molar-refractivity contribution >= 4 is 21.6 Å². The second-order valence-corrected chi connectivity index (χ2v) is 9.52. The minimum absolute atomic E-state index is 0.120. The monoisotopic (exact) mass is 431 g/mol. The van der Waals surface area contributed by atoms with Crippen molar-refractivity contribution in [3.63, 3.8) is 0 Å². The van der Waals surface area contributed by atoms with E-state index >= 15 is 0 Å². The number of rotatable bonds is 6. The summed E-state index contributed by atoms with van der Waals surface area (Å²) in [7, 11) is -1.94. The van der Waals surface area contributed by atoms with Crippen LogP contribution in [0, 0.1) is 13.8 Å². The van der Waals surface area contributed by atoms with E-state index in [2.05, 4.69) is 5.32 Å². The second-order valence-electron chi connectivity index (χ2n) is 7.58. The van der Waals surface area contributed by atoms with E-state index in [0.717, 1.165) is 16.9 Å². The van der Waals surface area contributed by atoms with Crippen molar-refractivity contribution in [1.29, 1.82) is 0 Å². The molecule has 30 heavy (non-hydrogen) atoms. The summed E-state index contributed by atoms with van der Waals surface area (Å²) in [5.74, 6) is 0.604. The second kappa shape index (κ2) is 9.16. The van der Waals surface area contributed by atoms with Crippen LogP contribution in [-0.4, -0.2) is 62.9 Å². The molecule has 1 aliphatic rings. The molecule has 1 atom stereocenters. The van der Waals surface area contributed by atoms with Crippen molar-refractivity contribution in [2.45, 2.75) is 31.7 Å². The van der Waals surface area contributed by atoms with E-state index in [0.29, 0.717) is 36.8 Å². The van der Waals surface area contributed by atoms with Gasteiger partial charge in [0, 0.05) is 31.9 Å². The zero-order chi connectivity index (χ0) is 21.9. The molecular formula is C22H29N3O4S. The normalized spacial score (nSPS) is 16.8. The SMILES string of the molecule is COc1ccc(NC(=O)C(C)N2CCN(S(=O)(=O)c3ccc(C)c(C)c3)CC2)cc1. The van der Waals surface area contributed by atoms with Gasteiger partial charge in [-0.3, -0.25) is 9.69 Å². The number of aryl methyl sites for hydroxylation is 2.